The number of rotatable bonds is 4. The highest BCUT2D eigenvalue weighted by Gasteiger charge is 2.42. The lowest BCUT2D eigenvalue weighted by Crippen LogP contribution is -2.28. The van der Waals surface area contributed by atoms with Crippen LogP contribution in [-0.2, 0) is 4.79 Å². The molecule has 1 fully saturated rings. The van der Waals surface area contributed by atoms with Gasteiger partial charge in [-0.1, -0.05) is 11.6 Å². The molecule has 0 aliphatic carbocycles. The Bertz CT molecular complexity index is 965. The van der Waals surface area contributed by atoms with Crippen molar-refractivity contribution in [3.8, 4) is 11.5 Å². The van der Waals surface area contributed by atoms with Gasteiger partial charge in [-0.3, -0.25) is 4.79 Å². The van der Waals surface area contributed by atoms with Crippen molar-refractivity contribution in [3.05, 3.63) is 59.4 Å². The van der Waals surface area contributed by atoms with Gasteiger partial charge in [-0.25, -0.2) is 4.39 Å². The topological polar surface area (TPSA) is 79.5 Å². The number of carbonyl (C=O) groups is 1. The van der Waals surface area contributed by atoms with Crippen molar-refractivity contribution in [3.63, 3.8) is 0 Å². The Kier molecular flexibility index (Phi) is 4.86. The highest BCUT2D eigenvalue weighted by atomic mass is 35.5. The number of aromatic nitrogens is 2. The maximum absolute atomic E-state index is 13.0. The molecular formula is C18H13ClFN3O3S. The molecule has 2 unspecified atom stereocenters. The molecule has 0 saturated carbocycles. The third kappa shape index (κ3) is 3.69. The van der Waals surface area contributed by atoms with E-state index in [1.54, 1.807) is 24.3 Å². The van der Waals surface area contributed by atoms with Crippen LogP contribution in [0, 0.1) is 5.82 Å². The van der Waals surface area contributed by atoms with E-state index in [2.05, 4.69) is 10.2 Å². The number of nitrogens with zero attached hydrogens (tertiary/aromatic N) is 3. The summed E-state index contributed by atoms with van der Waals surface area (Å²) < 4.78 is 18.6. The Balaban J connectivity index is 1.50. The lowest BCUT2D eigenvalue weighted by Gasteiger charge is -2.15. The number of aliphatic hydroxyl groups excluding tert-OH is 1. The minimum absolute atomic E-state index is 0.157. The van der Waals surface area contributed by atoms with Crippen molar-refractivity contribution in [2.45, 2.75) is 16.6 Å². The summed E-state index contributed by atoms with van der Waals surface area (Å²) in [6.45, 7) is 0.164. The molecule has 138 valence electrons. The average molecular weight is 406 g/mol. The predicted octanol–water partition coefficient (Wildman–Crippen LogP) is 3.40. The van der Waals surface area contributed by atoms with Crippen LogP contribution in [0.3, 0.4) is 0 Å². The number of carbonyl (C=O) groups excluding carboxylic acids is 1. The average Bonchev–Trinajstić information content (AvgIpc) is 3.23. The molecule has 1 saturated heterocycles. The zero-order valence-electron chi connectivity index (χ0n) is 13.8. The summed E-state index contributed by atoms with van der Waals surface area (Å²) in [6, 6.07) is 12.4. The van der Waals surface area contributed by atoms with Gasteiger partial charge in [0.2, 0.25) is 11.8 Å². The Morgan fingerprint density at radius 2 is 1.85 bits per heavy atom. The zero-order chi connectivity index (χ0) is 19.0. The number of hydrogen-bond donors (Lipinski definition) is 1. The van der Waals surface area contributed by atoms with E-state index < -0.39 is 11.4 Å². The van der Waals surface area contributed by atoms with E-state index >= 15 is 0 Å². The Morgan fingerprint density at radius 1 is 1.15 bits per heavy atom. The second-order valence-corrected chi connectivity index (χ2v) is 7.44. The fourth-order valence-corrected chi connectivity index (χ4v) is 3.78. The molecule has 1 aliphatic rings. The minimum atomic E-state index is -0.889. The first-order valence-corrected chi connectivity index (χ1v) is 9.28. The van der Waals surface area contributed by atoms with Crippen molar-refractivity contribution in [1.82, 2.24) is 10.2 Å². The summed E-state index contributed by atoms with van der Waals surface area (Å²) in [5.41, 5.74) is 1.22. The van der Waals surface area contributed by atoms with Crippen LogP contribution in [0.25, 0.3) is 11.5 Å². The molecule has 3 aromatic rings. The van der Waals surface area contributed by atoms with E-state index in [4.69, 9.17) is 16.0 Å². The van der Waals surface area contributed by atoms with Crippen LogP contribution in [0.4, 0.5) is 10.1 Å². The highest BCUT2D eigenvalue weighted by molar-refractivity contribution is 8.00. The van der Waals surface area contributed by atoms with E-state index in [0.29, 0.717) is 16.3 Å². The van der Waals surface area contributed by atoms with Gasteiger partial charge in [0.05, 0.1) is 12.6 Å². The van der Waals surface area contributed by atoms with Gasteiger partial charge in [0.25, 0.3) is 5.22 Å². The van der Waals surface area contributed by atoms with Crippen LogP contribution in [0.5, 0.6) is 0 Å². The van der Waals surface area contributed by atoms with Gasteiger partial charge in [0.1, 0.15) is 11.1 Å². The molecule has 2 atom stereocenters. The number of β-amino-alcohol motifs (C(OH)–C–C–N with tert-alkyl or cyclic N) is 1. The van der Waals surface area contributed by atoms with Gasteiger partial charge in [0.15, 0.2) is 0 Å². The largest absolute Gasteiger partial charge is 0.411 e. The number of anilines is 1. The van der Waals surface area contributed by atoms with Gasteiger partial charge >= 0.3 is 0 Å². The van der Waals surface area contributed by atoms with E-state index in [-0.39, 0.29) is 29.4 Å². The van der Waals surface area contributed by atoms with E-state index in [1.165, 1.54) is 29.2 Å². The highest BCUT2D eigenvalue weighted by Crippen LogP contribution is 2.34. The number of benzene rings is 2. The van der Waals surface area contributed by atoms with Crippen molar-refractivity contribution in [2.24, 2.45) is 0 Å². The molecule has 9 heteroatoms. The summed E-state index contributed by atoms with van der Waals surface area (Å²) in [7, 11) is 0. The molecule has 2 heterocycles. The zero-order valence-corrected chi connectivity index (χ0v) is 15.3. The third-order valence-electron chi connectivity index (χ3n) is 4.09. The lowest BCUT2D eigenvalue weighted by molar-refractivity contribution is -0.117. The molecule has 4 rings (SSSR count). The van der Waals surface area contributed by atoms with Crippen LogP contribution in [0.1, 0.15) is 0 Å². The summed E-state index contributed by atoms with van der Waals surface area (Å²) in [5, 5.41) is 18.1. The third-order valence-corrected chi connectivity index (χ3v) is 5.48. The number of thioether (sulfide) groups is 1. The van der Waals surface area contributed by atoms with Crippen molar-refractivity contribution in [1.29, 1.82) is 0 Å². The van der Waals surface area contributed by atoms with Crippen LogP contribution in [0.2, 0.25) is 5.02 Å². The second kappa shape index (κ2) is 7.30. The lowest BCUT2D eigenvalue weighted by atomic mass is 10.2. The van der Waals surface area contributed by atoms with Crippen molar-refractivity contribution >= 4 is 35.0 Å². The molecule has 1 aromatic heterocycles. The standard InChI is InChI=1S/C18H13ClFN3O3S/c19-11-3-7-13(8-4-11)23-9-14(24)15(17(23)25)27-18-22-21-16(26-18)10-1-5-12(20)6-2-10/h1-8,14-15,24H,9H2. The fourth-order valence-electron chi connectivity index (χ4n) is 2.75. The van der Waals surface area contributed by atoms with Gasteiger partial charge in [-0.15, -0.1) is 10.2 Å². The molecule has 1 amide bonds. The molecule has 0 spiro atoms. The molecule has 1 aliphatic heterocycles. The van der Waals surface area contributed by atoms with Gasteiger partial charge < -0.3 is 14.4 Å². The van der Waals surface area contributed by atoms with Gasteiger partial charge in [-0.2, -0.15) is 0 Å². The molecular weight excluding hydrogens is 393 g/mol. The second-order valence-electron chi connectivity index (χ2n) is 5.91. The van der Waals surface area contributed by atoms with E-state index in [0.717, 1.165) is 11.8 Å². The first kappa shape index (κ1) is 18.0. The van der Waals surface area contributed by atoms with Crippen LogP contribution in [-0.4, -0.2) is 39.1 Å². The molecule has 2 aromatic carbocycles. The summed E-state index contributed by atoms with van der Waals surface area (Å²) in [6.07, 6.45) is -0.889. The van der Waals surface area contributed by atoms with Crippen LogP contribution < -0.4 is 4.90 Å². The monoisotopic (exact) mass is 405 g/mol. The minimum Gasteiger partial charge on any atom is -0.411 e. The molecule has 0 radical (unpaired) electrons. The number of hydrogen-bond acceptors (Lipinski definition) is 6. The van der Waals surface area contributed by atoms with Crippen LogP contribution in [0.15, 0.2) is 58.2 Å². The summed E-state index contributed by atoms with van der Waals surface area (Å²) >= 11 is 6.88. The molecule has 6 nitrogen and oxygen atoms in total. The number of halogens is 2. The van der Waals surface area contributed by atoms with Crippen LogP contribution >= 0.6 is 23.4 Å². The quantitative estimate of drug-likeness (QED) is 0.716. The first-order valence-electron chi connectivity index (χ1n) is 8.02. The maximum atomic E-state index is 13.0. The summed E-state index contributed by atoms with van der Waals surface area (Å²) in [5.74, 6) is -0.404. The Hall–Kier alpha value is -2.42. The SMILES string of the molecule is O=C1C(Sc2nnc(-c3ccc(F)cc3)o2)C(O)CN1c1ccc(Cl)cc1. The van der Waals surface area contributed by atoms with Gasteiger partial charge in [0, 0.05) is 16.3 Å². The van der Waals surface area contributed by atoms with Crippen molar-refractivity contribution in [2.75, 3.05) is 11.4 Å². The predicted molar refractivity (Wildman–Crippen MR) is 99.1 cm³/mol. The maximum Gasteiger partial charge on any atom is 0.277 e. The van der Waals surface area contributed by atoms with Crippen molar-refractivity contribution < 1.29 is 18.7 Å². The first-order chi connectivity index (χ1) is 13.0. The summed E-state index contributed by atoms with van der Waals surface area (Å²) in [4.78, 5) is 14.2. The normalized spacial score (nSPS) is 19.7. The Morgan fingerprint density at radius 3 is 2.56 bits per heavy atom. The number of amides is 1. The number of aliphatic hydroxyl groups is 1. The smallest absolute Gasteiger partial charge is 0.277 e. The van der Waals surface area contributed by atoms with E-state index in [9.17, 15) is 14.3 Å². The van der Waals surface area contributed by atoms with Gasteiger partial charge in [-0.05, 0) is 60.3 Å². The fraction of sp³-hybridized carbons (Fsp3) is 0.167. The molecule has 0 bridgehead atoms. The molecule has 27 heavy (non-hydrogen) atoms. The molecule has 1 N–H and O–H groups in total. The Labute approximate surface area is 163 Å². The van der Waals surface area contributed by atoms with E-state index in [1.807, 2.05) is 0 Å².